The molecule has 1 aliphatic carbocycles. The lowest BCUT2D eigenvalue weighted by atomic mass is 10.2. The minimum atomic E-state index is 0.251. The van der Waals surface area contributed by atoms with Crippen molar-refractivity contribution in [1.82, 2.24) is 4.90 Å². The zero-order valence-electron chi connectivity index (χ0n) is 9.54. The van der Waals surface area contributed by atoms with Crippen LogP contribution in [-0.2, 0) is 4.79 Å². The van der Waals surface area contributed by atoms with E-state index in [4.69, 9.17) is 5.26 Å². The zero-order chi connectivity index (χ0) is 11.1. The molecule has 0 aromatic rings. The summed E-state index contributed by atoms with van der Waals surface area (Å²) in [5.74, 6) is 0.251. The molecule has 0 atom stereocenters. The van der Waals surface area contributed by atoms with Crippen LogP contribution in [0, 0.1) is 11.3 Å². The van der Waals surface area contributed by atoms with Crippen molar-refractivity contribution < 1.29 is 4.79 Å². The predicted octanol–water partition coefficient (Wildman–Crippen LogP) is 2.47. The fraction of sp³-hybridized carbons (Fsp3) is 0.833. The lowest BCUT2D eigenvalue weighted by molar-refractivity contribution is -0.131. The molecule has 1 aliphatic rings. The molecule has 1 amide bonds. The Morgan fingerprint density at radius 2 is 2.20 bits per heavy atom. The van der Waals surface area contributed by atoms with E-state index in [0.29, 0.717) is 25.4 Å². The van der Waals surface area contributed by atoms with Crippen LogP contribution in [0.4, 0.5) is 0 Å². The van der Waals surface area contributed by atoms with Crippen LogP contribution in [0.3, 0.4) is 0 Å². The lowest BCUT2D eigenvalue weighted by Crippen LogP contribution is -2.33. The maximum atomic E-state index is 11.8. The molecular weight excluding hydrogens is 188 g/mol. The van der Waals surface area contributed by atoms with Crippen LogP contribution in [0.2, 0.25) is 0 Å². The Morgan fingerprint density at radius 1 is 1.47 bits per heavy atom. The van der Waals surface area contributed by atoms with E-state index in [1.807, 2.05) is 4.90 Å². The number of amides is 1. The quantitative estimate of drug-likeness (QED) is 0.603. The number of carbonyl (C=O) groups is 1. The minimum Gasteiger partial charge on any atom is -0.339 e. The lowest BCUT2D eigenvalue weighted by Gasteiger charge is -2.21. The first kappa shape index (κ1) is 12.0. The van der Waals surface area contributed by atoms with Crippen molar-refractivity contribution in [3.63, 3.8) is 0 Å². The van der Waals surface area contributed by atoms with Crippen molar-refractivity contribution in [2.45, 2.75) is 57.9 Å². The van der Waals surface area contributed by atoms with Crippen LogP contribution >= 0.6 is 0 Å². The van der Waals surface area contributed by atoms with E-state index in [-0.39, 0.29) is 5.91 Å². The van der Waals surface area contributed by atoms with E-state index < -0.39 is 0 Å². The summed E-state index contributed by atoms with van der Waals surface area (Å²) in [5.41, 5.74) is 0. The van der Waals surface area contributed by atoms with Crippen molar-refractivity contribution in [3.8, 4) is 6.07 Å². The molecule has 0 heterocycles. The molecule has 0 aliphatic heterocycles. The molecule has 15 heavy (non-hydrogen) atoms. The molecule has 0 saturated heterocycles. The number of rotatable bonds is 7. The van der Waals surface area contributed by atoms with E-state index >= 15 is 0 Å². The minimum absolute atomic E-state index is 0.251. The summed E-state index contributed by atoms with van der Waals surface area (Å²) in [6.07, 6.45) is 6.66. The summed E-state index contributed by atoms with van der Waals surface area (Å²) in [7, 11) is 0. The van der Waals surface area contributed by atoms with Gasteiger partial charge in [0.15, 0.2) is 0 Å². The molecule has 3 nitrogen and oxygen atoms in total. The summed E-state index contributed by atoms with van der Waals surface area (Å²) < 4.78 is 0. The van der Waals surface area contributed by atoms with E-state index in [2.05, 4.69) is 13.0 Å². The number of hydrogen-bond donors (Lipinski definition) is 0. The molecule has 0 aromatic heterocycles. The summed E-state index contributed by atoms with van der Waals surface area (Å²) in [6.45, 7) is 2.77. The van der Waals surface area contributed by atoms with Crippen LogP contribution in [0.5, 0.6) is 0 Å². The van der Waals surface area contributed by atoms with Gasteiger partial charge in [0.25, 0.3) is 0 Å². The molecule has 1 saturated carbocycles. The molecule has 0 N–H and O–H groups in total. The van der Waals surface area contributed by atoms with Gasteiger partial charge in [0.05, 0.1) is 12.5 Å². The van der Waals surface area contributed by atoms with Gasteiger partial charge in [0.2, 0.25) is 5.91 Å². The van der Waals surface area contributed by atoms with Crippen molar-refractivity contribution in [2.24, 2.45) is 0 Å². The Balaban J connectivity index is 2.28. The smallest absolute Gasteiger partial charge is 0.222 e. The van der Waals surface area contributed by atoms with Gasteiger partial charge in [0.1, 0.15) is 0 Å². The van der Waals surface area contributed by atoms with Gasteiger partial charge >= 0.3 is 0 Å². The molecule has 0 unspecified atom stereocenters. The van der Waals surface area contributed by atoms with Crippen LogP contribution < -0.4 is 0 Å². The fourth-order valence-corrected chi connectivity index (χ4v) is 1.74. The Morgan fingerprint density at radius 3 is 2.73 bits per heavy atom. The highest BCUT2D eigenvalue weighted by Gasteiger charge is 2.31. The third-order valence-corrected chi connectivity index (χ3v) is 2.77. The maximum Gasteiger partial charge on any atom is 0.222 e. The zero-order valence-corrected chi connectivity index (χ0v) is 9.54. The monoisotopic (exact) mass is 208 g/mol. The summed E-state index contributed by atoms with van der Waals surface area (Å²) in [6, 6.07) is 2.56. The van der Waals surface area contributed by atoms with E-state index in [1.54, 1.807) is 0 Å². The van der Waals surface area contributed by atoms with E-state index in [9.17, 15) is 4.79 Å². The normalized spacial score (nSPS) is 14.7. The van der Waals surface area contributed by atoms with Crippen LogP contribution in [0.1, 0.15) is 51.9 Å². The highest BCUT2D eigenvalue weighted by atomic mass is 16.2. The Bertz CT molecular complexity index is 240. The fourth-order valence-electron chi connectivity index (χ4n) is 1.74. The van der Waals surface area contributed by atoms with E-state index in [0.717, 1.165) is 32.1 Å². The third-order valence-electron chi connectivity index (χ3n) is 2.77. The topological polar surface area (TPSA) is 44.1 Å². The molecule has 0 bridgehead atoms. The Kier molecular flexibility index (Phi) is 5.17. The Hall–Kier alpha value is -1.04. The average Bonchev–Trinajstić information content (AvgIpc) is 3.03. The van der Waals surface area contributed by atoms with Gasteiger partial charge in [-0.25, -0.2) is 0 Å². The molecule has 1 rings (SSSR count). The molecular formula is C12H20N2O. The van der Waals surface area contributed by atoms with Crippen molar-refractivity contribution >= 4 is 5.91 Å². The Labute approximate surface area is 92.1 Å². The van der Waals surface area contributed by atoms with E-state index in [1.165, 1.54) is 0 Å². The molecule has 0 radical (unpaired) electrons. The summed E-state index contributed by atoms with van der Waals surface area (Å²) >= 11 is 0. The van der Waals surface area contributed by atoms with Gasteiger partial charge < -0.3 is 4.90 Å². The molecule has 1 fully saturated rings. The number of carbonyl (C=O) groups excluding carboxylic acids is 1. The van der Waals surface area contributed by atoms with Crippen molar-refractivity contribution in [3.05, 3.63) is 0 Å². The van der Waals surface area contributed by atoms with Gasteiger partial charge in [-0.1, -0.05) is 19.8 Å². The van der Waals surface area contributed by atoms with Gasteiger partial charge in [-0.05, 0) is 19.3 Å². The standard InChI is InChI=1S/C12H20N2O/c1-2-3-4-6-12(15)14(10-5-9-13)11-7-8-11/h11H,2-8,10H2,1H3. The van der Waals surface area contributed by atoms with Gasteiger partial charge in [0, 0.05) is 19.0 Å². The highest BCUT2D eigenvalue weighted by Crippen LogP contribution is 2.27. The second-order valence-corrected chi connectivity index (χ2v) is 4.18. The third kappa shape index (κ3) is 4.33. The predicted molar refractivity (Wildman–Crippen MR) is 59.1 cm³/mol. The van der Waals surface area contributed by atoms with Gasteiger partial charge in [-0.2, -0.15) is 5.26 Å². The number of nitrogens with zero attached hydrogens (tertiary/aromatic N) is 2. The molecule has 3 heteroatoms. The highest BCUT2D eigenvalue weighted by molar-refractivity contribution is 5.76. The first-order chi connectivity index (χ1) is 7.29. The van der Waals surface area contributed by atoms with Gasteiger partial charge in [-0.15, -0.1) is 0 Å². The second-order valence-electron chi connectivity index (χ2n) is 4.18. The summed E-state index contributed by atoms with van der Waals surface area (Å²) in [5, 5.41) is 8.53. The molecule has 84 valence electrons. The van der Waals surface area contributed by atoms with Gasteiger partial charge in [-0.3, -0.25) is 4.79 Å². The largest absolute Gasteiger partial charge is 0.339 e. The average molecular weight is 208 g/mol. The number of hydrogen-bond acceptors (Lipinski definition) is 2. The summed E-state index contributed by atoms with van der Waals surface area (Å²) in [4.78, 5) is 13.7. The SMILES string of the molecule is CCCCCC(=O)N(CCC#N)C1CC1. The van der Waals surface area contributed by atoms with Crippen molar-refractivity contribution in [2.75, 3.05) is 6.54 Å². The molecule has 0 aromatic carbocycles. The first-order valence-corrected chi connectivity index (χ1v) is 5.96. The number of unbranched alkanes of at least 4 members (excludes halogenated alkanes) is 2. The maximum absolute atomic E-state index is 11.8. The van der Waals surface area contributed by atoms with Crippen LogP contribution in [0.25, 0.3) is 0 Å². The second kappa shape index (κ2) is 6.44. The number of nitriles is 1. The van der Waals surface area contributed by atoms with Crippen molar-refractivity contribution in [1.29, 1.82) is 5.26 Å². The van der Waals surface area contributed by atoms with Crippen LogP contribution in [-0.4, -0.2) is 23.4 Å². The van der Waals surface area contributed by atoms with Crippen LogP contribution in [0.15, 0.2) is 0 Å². The first-order valence-electron chi connectivity index (χ1n) is 5.96. The molecule has 0 spiro atoms.